The molecule has 0 bridgehead atoms. The van der Waals surface area contributed by atoms with Crippen LogP contribution < -0.4 is 5.32 Å². The molecular formula is C23H20F3N3O2. The quantitative estimate of drug-likeness (QED) is 0.580. The summed E-state index contributed by atoms with van der Waals surface area (Å²) in [6.45, 7) is 2.06. The summed E-state index contributed by atoms with van der Waals surface area (Å²) < 4.78 is 42.4. The highest BCUT2D eigenvalue weighted by Crippen LogP contribution is 2.39. The molecule has 1 aliphatic carbocycles. The predicted molar refractivity (Wildman–Crippen MR) is 112 cm³/mol. The van der Waals surface area contributed by atoms with Crippen LogP contribution in [0.4, 0.5) is 19.0 Å². The Bertz CT molecular complexity index is 1190. The summed E-state index contributed by atoms with van der Waals surface area (Å²) in [5.74, 6) is 3.61. The molecule has 0 aliphatic heterocycles. The van der Waals surface area contributed by atoms with Gasteiger partial charge < -0.3 is 15.2 Å². The van der Waals surface area contributed by atoms with Gasteiger partial charge in [0.1, 0.15) is 11.4 Å². The normalized spacial score (nSPS) is 20.6. The van der Waals surface area contributed by atoms with Gasteiger partial charge in [-0.3, -0.25) is 0 Å². The molecule has 3 aromatic rings. The number of benzene rings is 2. The summed E-state index contributed by atoms with van der Waals surface area (Å²) in [7, 11) is 1.70. The zero-order valence-corrected chi connectivity index (χ0v) is 16.9. The summed E-state index contributed by atoms with van der Waals surface area (Å²) >= 11 is 0. The third-order valence-corrected chi connectivity index (χ3v) is 5.48. The van der Waals surface area contributed by atoms with Gasteiger partial charge in [0.15, 0.2) is 5.82 Å². The van der Waals surface area contributed by atoms with Crippen LogP contribution in [0.15, 0.2) is 42.5 Å². The molecule has 2 N–H and O–H groups in total. The Labute approximate surface area is 177 Å². The van der Waals surface area contributed by atoms with Crippen molar-refractivity contribution in [1.29, 1.82) is 0 Å². The first-order valence-electron chi connectivity index (χ1n) is 9.68. The van der Waals surface area contributed by atoms with Crippen LogP contribution in [-0.2, 0) is 4.74 Å². The van der Waals surface area contributed by atoms with Crippen LogP contribution in [0, 0.1) is 11.8 Å². The van der Waals surface area contributed by atoms with Gasteiger partial charge in [-0.1, -0.05) is 30.2 Å². The van der Waals surface area contributed by atoms with Crippen LogP contribution in [0.25, 0.3) is 22.0 Å². The number of methoxy groups -OCH3 is 1. The third kappa shape index (κ3) is 4.42. The maximum absolute atomic E-state index is 12.3. The largest absolute Gasteiger partial charge is 0.507 e. The minimum absolute atomic E-state index is 0.0558. The Morgan fingerprint density at radius 3 is 2.48 bits per heavy atom. The summed E-state index contributed by atoms with van der Waals surface area (Å²) in [4.78, 5) is 0. The fourth-order valence-electron chi connectivity index (χ4n) is 3.81. The van der Waals surface area contributed by atoms with E-state index in [9.17, 15) is 18.3 Å². The van der Waals surface area contributed by atoms with E-state index < -0.39 is 6.18 Å². The lowest BCUT2D eigenvalue weighted by atomic mass is 9.77. The number of alkyl halides is 3. The molecule has 0 spiro atoms. The summed E-state index contributed by atoms with van der Waals surface area (Å²) in [6, 6.07) is 11.8. The molecule has 1 saturated carbocycles. The number of halogens is 3. The molecule has 1 fully saturated rings. The van der Waals surface area contributed by atoms with E-state index in [4.69, 9.17) is 4.74 Å². The van der Waals surface area contributed by atoms with Crippen molar-refractivity contribution in [3.05, 3.63) is 48.0 Å². The lowest BCUT2D eigenvalue weighted by Gasteiger charge is -2.44. The van der Waals surface area contributed by atoms with E-state index in [1.807, 2.05) is 30.2 Å². The van der Waals surface area contributed by atoms with Gasteiger partial charge in [0, 0.05) is 41.0 Å². The van der Waals surface area contributed by atoms with Gasteiger partial charge in [-0.05, 0) is 38.0 Å². The number of aromatic hydroxyl groups is 1. The molecule has 1 aromatic heterocycles. The van der Waals surface area contributed by atoms with E-state index in [0.29, 0.717) is 17.1 Å². The first-order chi connectivity index (χ1) is 14.7. The van der Waals surface area contributed by atoms with Gasteiger partial charge in [0.25, 0.3) is 0 Å². The number of rotatable bonds is 4. The van der Waals surface area contributed by atoms with Gasteiger partial charge in [-0.2, -0.15) is 13.2 Å². The van der Waals surface area contributed by atoms with Crippen molar-refractivity contribution in [2.45, 2.75) is 37.6 Å². The summed E-state index contributed by atoms with van der Waals surface area (Å²) in [5.41, 5.74) is 0.719. The number of nitrogens with zero attached hydrogens (tertiary/aromatic N) is 2. The van der Waals surface area contributed by atoms with Gasteiger partial charge in [0.05, 0.1) is 5.60 Å². The highest BCUT2D eigenvalue weighted by atomic mass is 19.4. The number of fused-ring (bicyclic) bond motifs is 1. The molecule has 4 rings (SSSR count). The van der Waals surface area contributed by atoms with Crippen molar-refractivity contribution in [3.63, 3.8) is 0 Å². The number of nitrogens with one attached hydrogen (secondary N) is 1. The zero-order chi connectivity index (χ0) is 22.2. The van der Waals surface area contributed by atoms with Gasteiger partial charge in [-0.15, -0.1) is 10.2 Å². The van der Waals surface area contributed by atoms with E-state index in [1.54, 1.807) is 7.11 Å². The number of aromatic nitrogens is 2. The second-order valence-electron chi connectivity index (χ2n) is 7.83. The lowest BCUT2D eigenvalue weighted by Crippen LogP contribution is -2.49. The summed E-state index contributed by atoms with van der Waals surface area (Å²) in [5, 5.41) is 24.1. The van der Waals surface area contributed by atoms with Crippen molar-refractivity contribution >= 4 is 16.6 Å². The van der Waals surface area contributed by atoms with Crippen LogP contribution in [-0.4, -0.2) is 40.2 Å². The third-order valence-electron chi connectivity index (χ3n) is 5.48. The Morgan fingerprint density at radius 2 is 1.84 bits per heavy atom. The number of hydrogen-bond donors (Lipinski definition) is 2. The molecule has 0 unspecified atom stereocenters. The first-order valence-corrected chi connectivity index (χ1v) is 9.68. The Balaban J connectivity index is 1.67. The van der Waals surface area contributed by atoms with Crippen LogP contribution in [0.3, 0.4) is 0 Å². The second kappa shape index (κ2) is 7.75. The van der Waals surface area contributed by atoms with E-state index >= 15 is 0 Å². The zero-order valence-electron chi connectivity index (χ0n) is 16.9. The van der Waals surface area contributed by atoms with Crippen molar-refractivity contribution in [2.75, 3.05) is 12.4 Å². The highest BCUT2D eigenvalue weighted by molar-refractivity contribution is 6.01. The SMILES string of the molecule is COC1(C)CC(Nc2nnc(-c3ccc(C#CC(F)(F)F)cc3O)c3ccccc23)C1. The Kier molecular flexibility index (Phi) is 5.23. The van der Waals surface area contributed by atoms with Gasteiger partial charge in [0.2, 0.25) is 0 Å². The van der Waals surface area contributed by atoms with Gasteiger partial charge >= 0.3 is 6.18 Å². The van der Waals surface area contributed by atoms with Crippen molar-refractivity contribution in [2.24, 2.45) is 0 Å². The van der Waals surface area contributed by atoms with E-state index in [-0.39, 0.29) is 23.0 Å². The summed E-state index contributed by atoms with van der Waals surface area (Å²) in [6.07, 6.45) is -2.90. The molecule has 2 aromatic carbocycles. The fraction of sp³-hybridized carbons (Fsp3) is 0.304. The van der Waals surface area contributed by atoms with Crippen molar-refractivity contribution < 1.29 is 23.0 Å². The number of phenolic OH excluding ortho intramolecular Hbond substituents is 1. The highest BCUT2D eigenvalue weighted by Gasteiger charge is 2.40. The average Bonchev–Trinajstić information content (AvgIpc) is 2.71. The topological polar surface area (TPSA) is 67.3 Å². The van der Waals surface area contributed by atoms with E-state index in [0.717, 1.165) is 23.6 Å². The monoisotopic (exact) mass is 427 g/mol. The van der Waals surface area contributed by atoms with E-state index in [1.165, 1.54) is 24.1 Å². The van der Waals surface area contributed by atoms with E-state index in [2.05, 4.69) is 22.4 Å². The molecule has 1 aliphatic rings. The minimum atomic E-state index is -4.60. The van der Waals surface area contributed by atoms with Crippen LogP contribution in [0.5, 0.6) is 5.75 Å². The standard InChI is InChI=1S/C23H20F3N3O2/c1-22(31-2)12-15(13-22)27-21-17-6-4-3-5-16(17)20(28-29-21)18-8-7-14(11-19(18)30)9-10-23(24,25)26/h3-8,11,15,30H,12-13H2,1-2H3,(H,27,29). The smallest absolute Gasteiger partial charge is 0.458 e. The molecule has 160 valence electrons. The number of ether oxygens (including phenoxy) is 1. The number of phenols is 1. The molecule has 8 heteroatoms. The second-order valence-corrected chi connectivity index (χ2v) is 7.83. The lowest BCUT2D eigenvalue weighted by molar-refractivity contribution is -0.0697. The average molecular weight is 427 g/mol. The van der Waals surface area contributed by atoms with Crippen molar-refractivity contribution in [3.8, 4) is 28.8 Å². The first kappa shape index (κ1) is 20.9. The van der Waals surface area contributed by atoms with Gasteiger partial charge in [-0.25, -0.2) is 0 Å². The molecule has 31 heavy (non-hydrogen) atoms. The molecular weight excluding hydrogens is 407 g/mol. The molecule has 0 saturated heterocycles. The minimum Gasteiger partial charge on any atom is -0.507 e. The molecule has 0 radical (unpaired) electrons. The van der Waals surface area contributed by atoms with Crippen LogP contribution in [0.2, 0.25) is 0 Å². The number of hydrogen-bond acceptors (Lipinski definition) is 5. The Hall–Kier alpha value is -3.31. The maximum atomic E-state index is 12.3. The van der Waals surface area contributed by atoms with Crippen molar-refractivity contribution in [1.82, 2.24) is 10.2 Å². The maximum Gasteiger partial charge on any atom is 0.458 e. The molecule has 0 atom stereocenters. The molecule has 0 amide bonds. The predicted octanol–water partition coefficient (Wildman–Crippen LogP) is 4.90. The number of anilines is 1. The Morgan fingerprint density at radius 1 is 1.13 bits per heavy atom. The van der Waals surface area contributed by atoms with Crippen LogP contribution in [0.1, 0.15) is 25.3 Å². The molecule has 1 heterocycles. The molecule has 5 nitrogen and oxygen atoms in total. The van der Waals surface area contributed by atoms with Crippen LogP contribution >= 0.6 is 0 Å². The fourth-order valence-corrected chi connectivity index (χ4v) is 3.81.